The number of nitrogens with one attached hydrogen (secondary N) is 2. The van der Waals surface area contributed by atoms with Crippen LogP contribution in [0.25, 0.3) is 11.2 Å². The van der Waals surface area contributed by atoms with Crippen LogP contribution >= 0.6 is 11.3 Å². The Morgan fingerprint density at radius 3 is 2.71 bits per heavy atom. The maximum atomic E-state index is 12.1. The number of hydrogen-bond acceptors (Lipinski definition) is 5. The van der Waals surface area contributed by atoms with Gasteiger partial charge >= 0.3 is 5.69 Å². The Hall–Kier alpha value is -2.35. The molecule has 0 aliphatic heterocycles. The van der Waals surface area contributed by atoms with E-state index >= 15 is 0 Å². The van der Waals surface area contributed by atoms with E-state index < -0.39 is 0 Å². The maximum absolute atomic E-state index is 12.1. The summed E-state index contributed by atoms with van der Waals surface area (Å²) in [7, 11) is 3.05. The smallest absolute Gasteiger partial charge is 0.332 e. The minimum atomic E-state index is -0.390. The molecule has 0 saturated carbocycles. The molecule has 7 nitrogen and oxygen atoms in total. The summed E-state index contributed by atoms with van der Waals surface area (Å²) in [5.41, 5.74) is 2.31. The van der Waals surface area contributed by atoms with Gasteiger partial charge in [-0.25, -0.2) is 4.79 Å². The lowest BCUT2D eigenvalue weighted by molar-refractivity contribution is 0.709. The molecular weight excluding hydrogens is 290 g/mol. The summed E-state index contributed by atoms with van der Waals surface area (Å²) in [6, 6.07) is 0. The number of fused-ring (bicyclic) bond motifs is 1. The number of nitrogens with zero attached hydrogens (tertiary/aromatic N) is 3. The Bertz CT molecular complexity index is 930. The number of imidazole rings is 1. The van der Waals surface area contributed by atoms with Gasteiger partial charge in [0.2, 0.25) is 5.95 Å². The first-order valence-electron chi connectivity index (χ1n) is 6.40. The van der Waals surface area contributed by atoms with Crippen molar-refractivity contribution in [3.8, 4) is 0 Å². The summed E-state index contributed by atoms with van der Waals surface area (Å²) in [5, 5.41) is 7.29. The van der Waals surface area contributed by atoms with E-state index in [1.54, 1.807) is 18.4 Å². The second kappa shape index (κ2) is 4.88. The van der Waals surface area contributed by atoms with Gasteiger partial charge < -0.3 is 10.3 Å². The number of anilines is 1. The second-order valence-corrected chi connectivity index (χ2v) is 5.67. The van der Waals surface area contributed by atoms with E-state index in [4.69, 9.17) is 0 Å². The zero-order valence-electron chi connectivity index (χ0n) is 11.9. The van der Waals surface area contributed by atoms with Crippen molar-refractivity contribution in [2.24, 2.45) is 14.1 Å². The highest BCUT2D eigenvalue weighted by Crippen LogP contribution is 2.15. The lowest BCUT2D eigenvalue weighted by atomic mass is 10.2. The molecule has 0 spiro atoms. The van der Waals surface area contributed by atoms with Crippen LogP contribution < -0.4 is 16.6 Å². The molecule has 2 N–H and O–H groups in total. The Kier molecular flexibility index (Phi) is 3.17. The van der Waals surface area contributed by atoms with Crippen LogP contribution in [0.15, 0.2) is 20.3 Å². The molecule has 0 atom stereocenters. The summed E-state index contributed by atoms with van der Waals surface area (Å²) < 4.78 is 2.42. The van der Waals surface area contributed by atoms with E-state index in [9.17, 15) is 9.59 Å². The van der Waals surface area contributed by atoms with Gasteiger partial charge in [-0.15, -0.1) is 0 Å². The Morgan fingerprint density at radius 1 is 1.29 bits per heavy atom. The van der Waals surface area contributed by atoms with Gasteiger partial charge in [-0.2, -0.15) is 16.3 Å². The molecule has 3 heterocycles. The van der Waals surface area contributed by atoms with Crippen LogP contribution in [0.3, 0.4) is 0 Å². The van der Waals surface area contributed by atoms with Gasteiger partial charge in [0.05, 0.1) is 0 Å². The number of H-pyrrole nitrogens is 1. The molecule has 21 heavy (non-hydrogen) atoms. The summed E-state index contributed by atoms with van der Waals surface area (Å²) in [5.74, 6) is 0.480. The topological polar surface area (TPSA) is 84.7 Å². The van der Waals surface area contributed by atoms with E-state index in [1.807, 2.05) is 6.92 Å². The van der Waals surface area contributed by atoms with Crippen molar-refractivity contribution in [2.75, 3.05) is 5.32 Å². The average Bonchev–Trinajstić information content (AvgIpc) is 3.07. The molecule has 3 aromatic heterocycles. The number of aryl methyl sites for hydroxylation is 2. The molecule has 0 aromatic carbocycles. The predicted octanol–water partition coefficient (Wildman–Crippen LogP) is 0.942. The maximum Gasteiger partial charge on any atom is 0.332 e. The van der Waals surface area contributed by atoms with Gasteiger partial charge in [0.25, 0.3) is 5.56 Å². The fourth-order valence-electron chi connectivity index (χ4n) is 2.16. The first-order chi connectivity index (χ1) is 9.99. The fourth-order valence-corrected chi connectivity index (χ4v) is 3.01. The molecule has 3 aromatic rings. The molecule has 0 fully saturated rings. The first kappa shape index (κ1) is 13.6. The van der Waals surface area contributed by atoms with E-state index in [-0.39, 0.29) is 11.2 Å². The standard InChI is InChI=1S/C13H15N5O2S/c1-7-5-21-6-8(7)4-14-12-15-9-10(16-12)17(2)13(20)18(3)11(9)19/h5-6H,4H2,1-3H3,(H2,14,15,16). The molecule has 0 unspecified atom stereocenters. The van der Waals surface area contributed by atoms with Crippen LogP contribution in [0.2, 0.25) is 0 Å². The third-order valence-corrected chi connectivity index (χ3v) is 4.41. The highest BCUT2D eigenvalue weighted by atomic mass is 32.1. The predicted molar refractivity (Wildman–Crippen MR) is 83.0 cm³/mol. The van der Waals surface area contributed by atoms with E-state index in [0.717, 1.165) is 4.57 Å². The van der Waals surface area contributed by atoms with Gasteiger partial charge in [-0.05, 0) is 28.8 Å². The van der Waals surface area contributed by atoms with Crippen LogP contribution in [0.4, 0.5) is 5.95 Å². The van der Waals surface area contributed by atoms with E-state index in [1.165, 1.54) is 22.7 Å². The zero-order valence-corrected chi connectivity index (χ0v) is 12.7. The van der Waals surface area contributed by atoms with Crippen molar-refractivity contribution in [3.05, 3.63) is 42.7 Å². The molecular formula is C13H15N5O2S. The molecule has 0 amide bonds. The summed E-state index contributed by atoms with van der Waals surface area (Å²) in [4.78, 5) is 31.1. The van der Waals surface area contributed by atoms with Crippen molar-refractivity contribution in [1.29, 1.82) is 0 Å². The van der Waals surface area contributed by atoms with Crippen molar-refractivity contribution in [1.82, 2.24) is 19.1 Å². The van der Waals surface area contributed by atoms with E-state index in [0.29, 0.717) is 23.7 Å². The summed E-state index contributed by atoms with van der Waals surface area (Å²) >= 11 is 1.65. The SMILES string of the molecule is Cc1cscc1CNc1nc2c([nH]1)c(=O)n(C)c(=O)n2C. The second-order valence-electron chi connectivity index (χ2n) is 4.92. The number of hydrogen-bond donors (Lipinski definition) is 2. The average molecular weight is 305 g/mol. The van der Waals surface area contributed by atoms with Crippen LogP contribution in [0, 0.1) is 6.92 Å². The van der Waals surface area contributed by atoms with Crippen molar-refractivity contribution < 1.29 is 0 Å². The molecule has 0 aliphatic carbocycles. The molecule has 8 heteroatoms. The van der Waals surface area contributed by atoms with Crippen LogP contribution in [-0.4, -0.2) is 19.1 Å². The molecule has 3 rings (SSSR count). The molecule has 0 radical (unpaired) electrons. The molecule has 110 valence electrons. The van der Waals surface area contributed by atoms with Crippen molar-refractivity contribution in [2.45, 2.75) is 13.5 Å². The largest absolute Gasteiger partial charge is 0.352 e. The normalized spacial score (nSPS) is 11.2. The number of rotatable bonds is 3. The van der Waals surface area contributed by atoms with Gasteiger partial charge in [-0.1, -0.05) is 0 Å². The minimum absolute atomic E-state index is 0.323. The van der Waals surface area contributed by atoms with Crippen LogP contribution in [0.5, 0.6) is 0 Å². The van der Waals surface area contributed by atoms with Gasteiger partial charge in [0.15, 0.2) is 11.2 Å². The quantitative estimate of drug-likeness (QED) is 0.754. The Morgan fingerprint density at radius 2 is 2.05 bits per heavy atom. The van der Waals surface area contributed by atoms with Crippen LogP contribution in [0.1, 0.15) is 11.1 Å². The monoisotopic (exact) mass is 305 g/mol. The summed E-state index contributed by atoms with van der Waals surface area (Å²) in [6.45, 7) is 2.66. The Balaban J connectivity index is 2.00. The molecule has 0 saturated heterocycles. The lowest BCUT2D eigenvalue weighted by Gasteiger charge is -2.01. The van der Waals surface area contributed by atoms with Crippen molar-refractivity contribution >= 4 is 28.4 Å². The van der Waals surface area contributed by atoms with Gasteiger partial charge in [0, 0.05) is 20.6 Å². The summed E-state index contributed by atoms with van der Waals surface area (Å²) in [6.07, 6.45) is 0. The fraction of sp³-hybridized carbons (Fsp3) is 0.308. The van der Waals surface area contributed by atoms with E-state index in [2.05, 4.69) is 26.0 Å². The molecule has 0 bridgehead atoms. The van der Waals surface area contributed by atoms with Gasteiger partial charge in [0.1, 0.15) is 0 Å². The zero-order chi connectivity index (χ0) is 15.1. The molecule has 0 aliphatic rings. The first-order valence-corrected chi connectivity index (χ1v) is 7.34. The number of aromatic amines is 1. The van der Waals surface area contributed by atoms with Crippen molar-refractivity contribution in [3.63, 3.8) is 0 Å². The number of aromatic nitrogens is 4. The van der Waals surface area contributed by atoms with Gasteiger partial charge in [-0.3, -0.25) is 13.9 Å². The third-order valence-electron chi connectivity index (χ3n) is 3.50. The minimum Gasteiger partial charge on any atom is -0.352 e. The lowest BCUT2D eigenvalue weighted by Crippen LogP contribution is -2.36. The highest BCUT2D eigenvalue weighted by molar-refractivity contribution is 7.08. The van der Waals surface area contributed by atoms with Crippen LogP contribution in [-0.2, 0) is 20.6 Å². The third kappa shape index (κ3) is 2.17. The number of thiophene rings is 1. The Labute approximate surface area is 123 Å². The highest BCUT2D eigenvalue weighted by Gasteiger charge is 2.13.